The van der Waals surface area contributed by atoms with Gasteiger partial charge in [0, 0.05) is 31.5 Å². The Hall–Kier alpha value is 0.723. The van der Waals surface area contributed by atoms with Crippen LogP contribution in [-0.4, -0.2) is 10.1 Å². The van der Waals surface area contributed by atoms with Crippen LogP contribution in [0.15, 0.2) is 0 Å². The molecule has 0 aliphatic carbocycles. The summed E-state index contributed by atoms with van der Waals surface area (Å²) in [6, 6.07) is 0. The first kappa shape index (κ1) is 10.7. The molecule has 0 aromatic carbocycles. The fraction of sp³-hybridized carbons (Fsp3) is 1.00. The minimum Gasteiger partial charge on any atom is -0.611 e. The van der Waals surface area contributed by atoms with Crippen LogP contribution in [0.2, 0.25) is 0 Å². The van der Waals surface area contributed by atoms with Crippen LogP contribution < -0.4 is 0 Å². The predicted octanol–water partition coefficient (Wildman–Crippen LogP) is 0.449. The molecule has 0 N–H and O–H groups in total. The van der Waals surface area contributed by atoms with Crippen molar-refractivity contribution in [1.29, 1.82) is 0 Å². The first-order valence-electron chi connectivity index (χ1n) is 0.973. The van der Waals surface area contributed by atoms with Crippen LogP contribution >= 0.6 is 0 Å². The maximum absolute atomic E-state index is 10.5. The Kier molecular flexibility index (Phi) is 5.62. The van der Waals surface area contributed by atoms with Crippen molar-refractivity contribution in [3.8, 4) is 0 Å². The van der Waals surface area contributed by atoms with Gasteiger partial charge in [-0.25, -0.2) is 0 Å². The Bertz CT molecular complexity index is 44.7. The Morgan fingerprint density at radius 3 is 1.43 bits per heavy atom. The van der Waals surface area contributed by atoms with Crippen LogP contribution in [0.4, 0.5) is 13.2 Å². The first-order chi connectivity index (χ1) is 2.56. The zero-order chi connectivity index (χ0) is 5.21. The minimum atomic E-state index is -4.54. The third-order valence-electron chi connectivity index (χ3n) is 0.104. The van der Waals surface area contributed by atoms with Gasteiger partial charge >= 0.3 is 5.51 Å². The van der Waals surface area contributed by atoms with Crippen molar-refractivity contribution in [2.45, 2.75) is 5.51 Å². The Labute approximate surface area is 55.2 Å². The van der Waals surface area contributed by atoms with Crippen molar-refractivity contribution in [2.75, 3.05) is 0 Å². The largest absolute Gasteiger partial charge is 0.611 e. The molecule has 0 heterocycles. The van der Waals surface area contributed by atoms with E-state index in [1.807, 2.05) is 0 Å². The molecule has 0 atom stereocenters. The van der Waals surface area contributed by atoms with Gasteiger partial charge in [0.05, 0.1) is 0 Å². The number of rotatable bonds is 0. The van der Waals surface area contributed by atoms with E-state index < -0.39 is 17.6 Å². The van der Waals surface area contributed by atoms with E-state index in [1.54, 1.807) is 0 Å². The summed E-state index contributed by atoms with van der Waals surface area (Å²) in [6.07, 6.45) is 0. The summed E-state index contributed by atoms with van der Waals surface area (Å²) in [5.74, 6) is 0. The fourth-order valence-corrected chi connectivity index (χ4v) is 0. The molecular formula is CHF3OSZn. The number of alkyl halides is 3. The summed E-state index contributed by atoms with van der Waals surface area (Å²) in [7, 11) is 0. The molecule has 0 radical (unpaired) electrons. The quantitative estimate of drug-likeness (QED) is 0.304. The average Bonchev–Trinajstić information content (AvgIpc) is 1.35. The molecule has 7 heavy (non-hydrogen) atoms. The average molecular weight is 183 g/mol. The zero-order valence-corrected chi connectivity index (χ0v) is 7.06. The third kappa shape index (κ3) is 10.8. The molecule has 0 saturated heterocycles. The maximum atomic E-state index is 10.5. The predicted molar refractivity (Wildman–Crippen MR) is 15.6 cm³/mol. The topological polar surface area (TPSA) is 23.1 Å². The smallest absolute Gasteiger partial charge is 0.570 e. The second-order valence-corrected chi connectivity index (χ2v) is 1.25. The summed E-state index contributed by atoms with van der Waals surface area (Å²) in [6.45, 7) is 0. The molecular weight excluding hydrogens is 182 g/mol. The molecule has 0 fully saturated rings. The number of hydrogen-bond acceptors (Lipinski definition) is 1. The van der Waals surface area contributed by atoms with E-state index in [-0.39, 0.29) is 19.5 Å². The molecule has 0 amide bonds. The van der Waals surface area contributed by atoms with E-state index >= 15 is 0 Å². The molecule has 1 nitrogen and oxygen atoms in total. The molecule has 6 heteroatoms. The van der Waals surface area contributed by atoms with Crippen molar-refractivity contribution in [3.05, 3.63) is 0 Å². The van der Waals surface area contributed by atoms with Gasteiger partial charge in [0.15, 0.2) is 0 Å². The molecule has 0 saturated carbocycles. The number of thiol groups is 1. The minimum absolute atomic E-state index is 0. The summed E-state index contributed by atoms with van der Waals surface area (Å²) in [5.41, 5.74) is -4.54. The van der Waals surface area contributed by atoms with Gasteiger partial charge in [-0.2, -0.15) is 0 Å². The van der Waals surface area contributed by atoms with E-state index in [1.165, 1.54) is 0 Å². The molecule has 0 aromatic rings. The van der Waals surface area contributed by atoms with E-state index in [9.17, 15) is 13.2 Å². The fourth-order valence-electron chi connectivity index (χ4n) is 0. The van der Waals surface area contributed by atoms with Crippen molar-refractivity contribution in [1.82, 2.24) is 0 Å². The van der Waals surface area contributed by atoms with Crippen LogP contribution in [0.1, 0.15) is 0 Å². The van der Waals surface area contributed by atoms with Crippen LogP contribution in [0.3, 0.4) is 0 Å². The van der Waals surface area contributed by atoms with Crippen molar-refractivity contribution < 1.29 is 37.2 Å². The summed E-state index contributed by atoms with van der Waals surface area (Å²) >= 11 is -1.78. The first-order valence-corrected chi connectivity index (χ1v) is 1.79. The standard InChI is InChI=1S/CHF3OS.Zn/c2-1(3,4)6-5;/h6H;. The summed E-state index contributed by atoms with van der Waals surface area (Å²) < 4.78 is 40.2. The Morgan fingerprint density at radius 2 is 1.43 bits per heavy atom. The SMILES string of the molecule is [O-][SH+]C(F)(F)F.[Zn]. The van der Waals surface area contributed by atoms with Crippen LogP contribution in [-0.2, 0) is 31.5 Å². The van der Waals surface area contributed by atoms with Gasteiger partial charge in [-0.1, -0.05) is 0 Å². The molecule has 0 aliphatic rings. The van der Waals surface area contributed by atoms with Gasteiger partial charge in [-0.05, 0) is 0 Å². The van der Waals surface area contributed by atoms with E-state index in [4.69, 9.17) is 4.55 Å². The van der Waals surface area contributed by atoms with E-state index in [2.05, 4.69) is 0 Å². The van der Waals surface area contributed by atoms with Crippen molar-refractivity contribution >= 4 is 12.0 Å². The maximum Gasteiger partial charge on any atom is 0.570 e. The molecule has 0 aromatic heterocycles. The van der Waals surface area contributed by atoms with Crippen molar-refractivity contribution in [3.63, 3.8) is 0 Å². The van der Waals surface area contributed by atoms with Gasteiger partial charge in [0.2, 0.25) is 0 Å². The van der Waals surface area contributed by atoms with Gasteiger partial charge in [-0.3, -0.25) is 0 Å². The molecule has 0 spiro atoms. The van der Waals surface area contributed by atoms with Crippen molar-refractivity contribution in [2.24, 2.45) is 0 Å². The normalized spacial score (nSPS) is 10.3. The van der Waals surface area contributed by atoms with Gasteiger partial charge in [-0.15, -0.1) is 13.2 Å². The summed E-state index contributed by atoms with van der Waals surface area (Å²) in [5, 5.41) is 0. The zero-order valence-electron chi connectivity index (χ0n) is 3.20. The number of halogens is 3. The van der Waals surface area contributed by atoms with Crippen LogP contribution in [0.5, 0.6) is 0 Å². The van der Waals surface area contributed by atoms with Gasteiger partial charge in [0.1, 0.15) is 0 Å². The monoisotopic (exact) mass is 182 g/mol. The van der Waals surface area contributed by atoms with Crippen LogP contribution in [0, 0.1) is 0 Å². The molecule has 0 aliphatic heterocycles. The molecule has 0 bridgehead atoms. The molecule has 0 unspecified atom stereocenters. The summed E-state index contributed by atoms with van der Waals surface area (Å²) in [4.78, 5) is 0. The van der Waals surface area contributed by atoms with Gasteiger partial charge in [0.25, 0.3) is 0 Å². The Balaban J connectivity index is 0. The molecule has 40 valence electrons. The third-order valence-corrected chi connectivity index (χ3v) is 0.311. The second-order valence-electron chi connectivity index (χ2n) is 0.559. The van der Waals surface area contributed by atoms with E-state index in [0.717, 1.165) is 0 Å². The van der Waals surface area contributed by atoms with E-state index in [0.29, 0.717) is 0 Å². The van der Waals surface area contributed by atoms with Gasteiger partial charge < -0.3 is 4.55 Å². The Morgan fingerprint density at radius 1 is 1.29 bits per heavy atom. The van der Waals surface area contributed by atoms with Crippen LogP contribution in [0.25, 0.3) is 0 Å². The number of hydrogen-bond donors (Lipinski definition) is 0. The second kappa shape index (κ2) is 3.69. The molecule has 0 rings (SSSR count).